The van der Waals surface area contributed by atoms with E-state index in [1.54, 1.807) is 32.4 Å². The van der Waals surface area contributed by atoms with E-state index < -0.39 is 0 Å². The number of ether oxygens (including phenoxy) is 3. The number of amides is 1. The summed E-state index contributed by atoms with van der Waals surface area (Å²) in [5, 5.41) is 0.459. The molecule has 36 heavy (non-hydrogen) atoms. The Morgan fingerprint density at radius 2 is 1.78 bits per heavy atom. The van der Waals surface area contributed by atoms with Gasteiger partial charge in [-0.3, -0.25) is 9.59 Å². The zero-order valence-corrected chi connectivity index (χ0v) is 20.4. The van der Waals surface area contributed by atoms with Crippen molar-refractivity contribution in [1.82, 2.24) is 4.90 Å². The van der Waals surface area contributed by atoms with E-state index >= 15 is 0 Å². The highest BCUT2D eigenvalue weighted by Crippen LogP contribution is 2.38. The van der Waals surface area contributed by atoms with E-state index in [1.165, 1.54) is 6.26 Å². The summed E-state index contributed by atoms with van der Waals surface area (Å²) in [6.07, 6.45) is 2.18. The van der Waals surface area contributed by atoms with E-state index in [9.17, 15) is 9.59 Å². The van der Waals surface area contributed by atoms with E-state index in [1.807, 2.05) is 54.3 Å². The molecular weight excluding hydrogens is 458 g/mol. The summed E-state index contributed by atoms with van der Waals surface area (Å²) in [4.78, 5) is 27.8. The highest BCUT2D eigenvalue weighted by Gasteiger charge is 2.29. The molecule has 1 atom stereocenters. The fourth-order valence-electron chi connectivity index (χ4n) is 4.73. The highest BCUT2D eigenvalue weighted by molar-refractivity contribution is 5.83. The Morgan fingerprint density at radius 1 is 1.03 bits per heavy atom. The van der Waals surface area contributed by atoms with Gasteiger partial charge in [-0.2, -0.15) is 0 Å². The lowest BCUT2D eigenvalue weighted by Gasteiger charge is -2.35. The van der Waals surface area contributed by atoms with Gasteiger partial charge < -0.3 is 23.5 Å². The van der Waals surface area contributed by atoms with Gasteiger partial charge in [-0.1, -0.05) is 30.3 Å². The fraction of sp³-hybridized carbons (Fsp3) is 0.241. The number of carbonyl (C=O) groups excluding carboxylic acids is 1. The van der Waals surface area contributed by atoms with Crippen molar-refractivity contribution in [2.24, 2.45) is 0 Å². The number of benzene rings is 3. The van der Waals surface area contributed by atoms with Crippen LogP contribution in [-0.4, -0.2) is 38.2 Å². The van der Waals surface area contributed by atoms with Crippen molar-refractivity contribution >= 4 is 16.9 Å². The van der Waals surface area contributed by atoms with E-state index in [4.69, 9.17) is 18.6 Å². The monoisotopic (exact) mass is 485 g/mol. The van der Waals surface area contributed by atoms with Crippen LogP contribution in [0.5, 0.6) is 17.2 Å². The van der Waals surface area contributed by atoms with Crippen LogP contribution in [0, 0.1) is 0 Å². The van der Waals surface area contributed by atoms with Crippen LogP contribution in [-0.2, 0) is 11.2 Å². The van der Waals surface area contributed by atoms with Gasteiger partial charge in [-0.05, 0) is 54.3 Å². The van der Waals surface area contributed by atoms with E-state index in [0.29, 0.717) is 40.3 Å². The highest BCUT2D eigenvalue weighted by atomic mass is 16.5. The minimum absolute atomic E-state index is 0.113. The molecule has 0 aliphatic carbocycles. The molecule has 1 amide bonds. The van der Waals surface area contributed by atoms with Gasteiger partial charge in [0.05, 0.1) is 31.2 Å². The Labute approximate surface area is 208 Å². The Kier molecular flexibility index (Phi) is 6.38. The second-order valence-corrected chi connectivity index (χ2v) is 8.71. The zero-order valence-electron chi connectivity index (χ0n) is 20.4. The molecule has 0 fully saturated rings. The predicted molar refractivity (Wildman–Crippen MR) is 137 cm³/mol. The summed E-state index contributed by atoms with van der Waals surface area (Å²) in [5.74, 6) is 1.67. The van der Waals surface area contributed by atoms with Gasteiger partial charge in [-0.25, -0.2) is 0 Å². The summed E-state index contributed by atoms with van der Waals surface area (Å²) in [6.45, 7) is 2.46. The van der Waals surface area contributed by atoms with Gasteiger partial charge in [0, 0.05) is 12.6 Å². The van der Waals surface area contributed by atoms with Crippen molar-refractivity contribution in [3.05, 3.63) is 88.3 Å². The third-order valence-electron chi connectivity index (χ3n) is 6.70. The molecule has 5 rings (SSSR count). The molecular formula is C29H27NO6. The van der Waals surface area contributed by atoms with Crippen LogP contribution in [0.25, 0.3) is 22.1 Å². The molecule has 0 unspecified atom stereocenters. The standard InChI is InChI=1S/C29H27NO6/c1-18-23-15-27(34-3)26(33-2)13-20(23)11-12-30(18)28(31)17-35-21-9-10-22-25(14-21)36-16-24(29(22)32)19-7-5-4-6-8-19/h4-10,13-16,18H,11-12,17H2,1-3H3/t18-/m1/s1. The molecule has 1 aromatic heterocycles. The molecule has 1 aliphatic heterocycles. The van der Waals surface area contributed by atoms with Crippen LogP contribution in [0.4, 0.5) is 0 Å². The van der Waals surface area contributed by atoms with E-state index in [0.717, 1.165) is 23.1 Å². The molecule has 1 aliphatic rings. The molecule has 0 bridgehead atoms. The lowest BCUT2D eigenvalue weighted by Crippen LogP contribution is -2.41. The third-order valence-corrected chi connectivity index (χ3v) is 6.70. The molecule has 4 aromatic rings. The first kappa shape index (κ1) is 23.5. The first-order valence-corrected chi connectivity index (χ1v) is 11.8. The summed E-state index contributed by atoms with van der Waals surface area (Å²) >= 11 is 0. The molecule has 0 saturated carbocycles. The molecule has 7 heteroatoms. The zero-order chi connectivity index (χ0) is 25.2. The van der Waals surface area contributed by atoms with Crippen LogP contribution in [0.2, 0.25) is 0 Å². The molecule has 0 saturated heterocycles. The average molecular weight is 486 g/mol. The normalized spacial score (nSPS) is 14.9. The van der Waals surface area contributed by atoms with E-state index in [-0.39, 0.29) is 24.0 Å². The second kappa shape index (κ2) is 9.77. The number of carbonyl (C=O) groups is 1. The lowest BCUT2D eigenvalue weighted by atomic mass is 9.92. The summed E-state index contributed by atoms with van der Waals surface area (Å²) in [6, 6.07) is 18.2. The predicted octanol–water partition coefficient (Wildman–Crippen LogP) is 5.00. The Morgan fingerprint density at radius 3 is 2.53 bits per heavy atom. The molecule has 0 spiro atoms. The third kappa shape index (κ3) is 4.28. The second-order valence-electron chi connectivity index (χ2n) is 8.71. The van der Waals surface area contributed by atoms with Crippen molar-refractivity contribution < 1.29 is 23.4 Å². The van der Waals surface area contributed by atoms with Crippen LogP contribution in [0.1, 0.15) is 24.1 Å². The summed E-state index contributed by atoms with van der Waals surface area (Å²) < 4.78 is 22.4. The number of hydrogen-bond donors (Lipinski definition) is 0. The van der Waals surface area contributed by atoms with Crippen LogP contribution in [0.15, 0.2) is 76.1 Å². The van der Waals surface area contributed by atoms with Crippen LogP contribution < -0.4 is 19.6 Å². The van der Waals surface area contributed by atoms with Gasteiger partial charge in [0.15, 0.2) is 23.5 Å². The smallest absolute Gasteiger partial charge is 0.261 e. The maximum atomic E-state index is 13.1. The first-order chi connectivity index (χ1) is 17.5. The molecule has 3 aromatic carbocycles. The Bertz CT molecular complexity index is 1480. The molecule has 0 radical (unpaired) electrons. The van der Waals surface area contributed by atoms with Crippen molar-refractivity contribution in [3.8, 4) is 28.4 Å². The number of rotatable bonds is 6. The first-order valence-electron chi connectivity index (χ1n) is 11.8. The quantitative estimate of drug-likeness (QED) is 0.382. The maximum absolute atomic E-state index is 13.1. The van der Waals surface area contributed by atoms with Gasteiger partial charge in [0.2, 0.25) is 0 Å². The summed E-state index contributed by atoms with van der Waals surface area (Å²) in [5.41, 5.74) is 3.77. The molecule has 0 N–H and O–H groups in total. The topological polar surface area (TPSA) is 78.2 Å². The van der Waals surface area contributed by atoms with Crippen molar-refractivity contribution in [1.29, 1.82) is 0 Å². The Hall–Kier alpha value is -4.26. The van der Waals surface area contributed by atoms with E-state index in [2.05, 4.69) is 0 Å². The average Bonchev–Trinajstić information content (AvgIpc) is 2.92. The number of fused-ring (bicyclic) bond motifs is 2. The van der Waals surface area contributed by atoms with Gasteiger partial charge >= 0.3 is 0 Å². The minimum Gasteiger partial charge on any atom is -0.493 e. The SMILES string of the molecule is COc1cc2c(cc1OC)[C@@H](C)N(C(=O)COc1ccc3c(=O)c(-c4ccccc4)coc3c1)CC2. The fourth-order valence-corrected chi connectivity index (χ4v) is 4.73. The van der Waals surface area contributed by atoms with Crippen molar-refractivity contribution in [2.75, 3.05) is 27.4 Å². The lowest BCUT2D eigenvalue weighted by molar-refractivity contribution is -0.136. The van der Waals surface area contributed by atoms with Crippen molar-refractivity contribution in [2.45, 2.75) is 19.4 Å². The van der Waals surface area contributed by atoms with Crippen molar-refractivity contribution in [3.63, 3.8) is 0 Å². The van der Waals surface area contributed by atoms with Gasteiger partial charge in [0.25, 0.3) is 5.91 Å². The molecule has 2 heterocycles. The Balaban J connectivity index is 1.31. The van der Waals surface area contributed by atoms with Gasteiger partial charge in [0.1, 0.15) is 17.6 Å². The van der Waals surface area contributed by atoms with Gasteiger partial charge in [-0.15, -0.1) is 0 Å². The summed E-state index contributed by atoms with van der Waals surface area (Å²) in [7, 11) is 3.21. The number of hydrogen-bond acceptors (Lipinski definition) is 6. The molecule has 184 valence electrons. The maximum Gasteiger partial charge on any atom is 0.261 e. The number of methoxy groups -OCH3 is 2. The van der Waals surface area contributed by atoms with Crippen LogP contribution in [0.3, 0.4) is 0 Å². The largest absolute Gasteiger partial charge is 0.493 e. The number of nitrogens with zero attached hydrogens (tertiary/aromatic N) is 1. The molecule has 7 nitrogen and oxygen atoms in total. The van der Waals surface area contributed by atoms with Crippen LogP contribution >= 0.6 is 0 Å². The minimum atomic E-state index is -0.129.